The lowest BCUT2D eigenvalue weighted by Crippen LogP contribution is -2.00. The Kier molecular flexibility index (Phi) is 2.68. The quantitative estimate of drug-likeness (QED) is 0.713. The molecule has 0 aliphatic rings. The molecule has 0 unspecified atom stereocenters. The van der Waals surface area contributed by atoms with Gasteiger partial charge >= 0.3 is 0 Å². The minimum absolute atomic E-state index is 0.243. The molecule has 4 nitrogen and oxygen atoms in total. The van der Waals surface area contributed by atoms with Crippen LogP contribution in [0, 0.1) is 5.82 Å². The van der Waals surface area contributed by atoms with Crippen LogP contribution in [0.4, 0.5) is 4.39 Å². The van der Waals surface area contributed by atoms with Crippen molar-refractivity contribution >= 4 is 22.6 Å². The Morgan fingerprint density at radius 1 is 1.28 bits per heavy atom. The molecular weight excluding hydrogens is 255 g/mol. The van der Waals surface area contributed by atoms with Crippen molar-refractivity contribution in [1.29, 1.82) is 0 Å². The molecule has 3 aromatic rings. The van der Waals surface area contributed by atoms with E-state index in [0.29, 0.717) is 17.6 Å². The first-order valence-corrected chi connectivity index (χ1v) is 5.69. The molecule has 2 aromatic heterocycles. The molecule has 6 heteroatoms. The molecule has 90 valence electrons. The van der Waals surface area contributed by atoms with Gasteiger partial charge in [-0.05, 0) is 6.07 Å². The van der Waals surface area contributed by atoms with E-state index >= 15 is 0 Å². The second-order valence-electron chi connectivity index (χ2n) is 3.83. The average molecular weight is 263 g/mol. The minimum atomic E-state index is -0.243. The number of hydrogen-bond acceptors (Lipinski definition) is 3. The number of rotatable bonds is 2. The maximum atomic E-state index is 13.6. The minimum Gasteiger partial charge on any atom is -0.325 e. The molecular formula is C12H8ClFN4. The predicted octanol–water partition coefficient (Wildman–Crippen LogP) is 2.67. The molecule has 2 heterocycles. The van der Waals surface area contributed by atoms with E-state index < -0.39 is 0 Å². The molecule has 0 aliphatic carbocycles. The van der Waals surface area contributed by atoms with E-state index in [1.54, 1.807) is 35.3 Å². The van der Waals surface area contributed by atoms with Crippen LogP contribution in [0.1, 0.15) is 5.56 Å². The summed E-state index contributed by atoms with van der Waals surface area (Å²) in [6.45, 7) is 0.380. The predicted molar refractivity (Wildman–Crippen MR) is 65.8 cm³/mol. The van der Waals surface area contributed by atoms with E-state index in [-0.39, 0.29) is 11.0 Å². The number of imidazole rings is 1. The lowest BCUT2D eigenvalue weighted by Gasteiger charge is -2.05. The Hall–Kier alpha value is -2.01. The summed E-state index contributed by atoms with van der Waals surface area (Å²) in [5.74, 6) is -0.243. The fourth-order valence-corrected chi connectivity index (χ4v) is 1.99. The van der Waals surface area contributed by atoms with Gasteiger partial charge in [0.15, 0.2) is 5.15 Å². The lowest BCUT2D eigenvalue weighted by atomic mass is 10.2. The summed E-state index contributed by atoms with van der Waals surface area (Å²) in [5.41, 5.74) is 1.89. The largest absolute Gasteiger partial charge is 0.325 e. The van der Waals surface area contributed by atoms with Gasteiger partial charge in [-0.25, -0.2) is 9.37 Å². The Balaban J connectivity index is 2.06. The zero-order valence-corrected chi connectivity index (χ0v) is 9.97. The molecule has 0 aliphatic heterocycles. The van der Waals surface area contributed by atoms with Crippen molar-refractivity contribution in [2.45, 2.75) is 6.54 Å². The zero-order valence-electron chi connectivity index (χ0n) is 9.22. The summed E-state index contributed by atoms with van der Waals surface area (Å²) in [6.07, 6.45) is 3.17. The molecule has 0 saturated carbocycles. The molecule has 0 amide bonds. The molecule has 0 N–H and O–H groups in total. The summed E-state index contributed by atoms with van der Waals surface area (Å²) in [4.78, 5) is 4.15. The Labute approximate surface area is 107 Å². The first kappa shape index (κ1) is 11.1. The van der Waals surface area contributed by atoms with Crippen LogP contribution in [-0.2, 0) is 6.54 Å². The highest BCUT2D eigenvalue weighted by atomic mass is 35.5. The fraction of sp³-hybridized carbons (Fsp3) is 0.0833. The number of halogens is 2. The van der Waals surface area contributed by atoms with Crippen molar-refractivity contribution in [3.63, 3.8) is 0 Å². The first-order chi connectivity index (χ1) is 8.75. The summed E-state index contributed by atoms with van der Waals surface area (Å²) >= 11 is 5.88. The van der Waals surface area contributed by atoms with Gasteiger partial charge in [0.05, 0.1) is 24.6 Å². The highest BCUT2D eigenvalue weighted by Gasteiger charge is 2.09. The van der Waals surface area contributed by atoms with Crippen molar-refractivity contribution in [2.75, 3.05) is 0 Å². The molecule has 0 spiro atoms. The van der Waals surface area contributed by atoms with Crippen LogP contribution in [0.25, 0.3) is 11.0 Å². The van der Waals surface area contributed by atoms with Crippen molar-refractivity contribution in [3.05, 3.63) is 53.3 Å². The molecule has 0 radical (unpaired) electrons. The maximum absolute atomic E-state index is 13.6. The highest BCUT2D eigenvalue weighted by Crippen LogP contribution is 2.19. The van der Waals surface area contributed by atoms with Crippen molar-refractivity contribution in [1.82, 2.24) is 19.7 Å². The Morgan fingerprint density at radius 2 is 2.11 bits per heavy atom. The number of benzene rings is 1. The van der Waals surface area contributed by atoms with Gasteiger partial charge in [-0.3, -0.25) is 0 Å². The van der Waals surface area contributed by atoms with E-state index in [1.807, 2.05) is 0 Å². The third-order valence-corrected chi connectivity index (χ3v) is 2.95. The van der Waals surface area contributed by atoms with Gasteiger partial charge in [-0.1, -0.05) is 29.8 Å². The van der Waals surface area contributed by atoms with Gasteiger partial charge in [0.1, 0.15) is 11.3 Å². The van der Waals surface area contributed by atoms with Crippen LogP contribution in [0.2, 0.25) is 5.15 Å². The number of hydrogen-bond donors (Lipinski definition) is 0. The Bertz CT molecular complexity index is 710. The smallest absolute Gasteiger partial charge is 0.179 e. The molecule has 0 atom stereocenters. The average Bonchev–Trinajstić information content (AvgIpc) is 2.77. The molecule has 1 aromatic carbocycles. The van der Waals surface area contributed by atoms with Gasteiger partial charge in [-0.15, -0.1) is 5.10 Å². The van der Waals surface area contributed by atoms with Crippen LogP contribution in [0.3, 0.4) is 0 Å². The molecule has 0 saturated heterocycles. The van der Waals surface area contributed by atoms with Gasteiger partial charge < -0.3 is 4.57 Å². The second-order valence-corrected chi connectivity index (χ2v) is 4.19. The number of nitrogens with zero attached hydrogens (tertiary/aromatic N) is 4. The maximum Gasteiger partial charge on any atom is 0.179 e. The van der Waals surface area contributed by atoms with Crippen LogP contribution in [0.15, 0.2) is 36.8 Å². The van der Waals surface area contributed by atoms with Crippen LogP contribution in [-0.4, -0.2) is 19.7 Å². The van der Waals surface area contributed by atoms with Crippen molar-refractivity contribution in [3.8, 4) is 0 Å². The SMILES string of the molecule is Fc1ccccc1Cn1cnc2c(Cl)nncc21. The van der Waals surface area contributed by atoms with E-state index in [9.17, 15) is 4.39 Å². The summed E-state index contributed by atoms with van der Waals surface area (Å²) in [6, 6.07) is 6.62. The van der Waals surface area contributed by atoms with E-state index in [4.69, 9.17) is 11.6 Å². The van der Waals surface area contributed by atoms with E-state index in [0.717, 1.165) is 5.52 Å². The van der Waals surface area contributed by atoms with Gasteiger partial charge in [0.25, 0.3) is 0 Å². The zero-order chi connectivity index (χ0) is 12.5. The van der Waals surface area contributed by atoms with Gasteiger partial charge in [0, 0.05) is 5.56 Å². The summed E-state index contributed by atoms with van der Waals surface area (Å²) < 4.78 is 15.4. The number of aromatic nitrogens is 4. The van der Waals surface area contributed by atoms with Crippen molar-refractivity contribution < 1.29 is 4.39 Å². The molecule has 0 fully saturated rings. The van der Waals surface area contributed by atoms with Gasteiger partial charge in [-0.2, -0.15) is 5.10 Å². The topological polar surface area (TPSA) is 43.6 Å². The Morgan fingerprint density at radius 3 is 2.94 bits per heavy atom. The third-order valence-electron chi connectivity index (χ3n) is 2.70. The van der Waals surface area contributed by atoms with Crippen LogP contribution >= 0.6 is 11.6 Å². The lowest BCUT2D eigenvalue weighted by molar-refractivity contribution is 0.601. The van der Waals surface area contributed by atoms with Crippen molar-refractivity contribution in [2.24, 2.45) is 0 Å². The van der Waals surface area contributed by atoms with Gasteiger partial charge in [0.2, 0.25) is 0 Å². The van der Waals surface area contributed by atoms with Crippen LogP contribution < -0.4 is 0 Å². The normalized spacial score (nSPS) is 11.0. The third kappa shape index (κ3) is 1.82. The summed E-state index contributed by atoms with van der Waals surface area (Å²) in [5, 5.41) is 7.73. The van der Waals surface area contributed by atoms with E-state index in [2.05, 4.69) is 15.2 Å². The van der Waals surface area contributed by atoms with Crippen LogP contribution in [0.5, 0.6) is 0 Å². The standard InChI is InChI=1S/C12H8ClFN4/c13-12-11-10(5-16-17-12)18(7-15-11)6-8-3-1-2-4-9(8)14/h1-5,7H,6H2. The number of fused-ring (bicyclic) bond motifs is 1. The molecule has 18 heavy (non-hydrogen) atoms. The first-order valence-electron chi connectivity index (χ1n) is 5.31. The monoisotopic (exact) mass is 262 g/mol. The fourth-order valence-electron chi connectivity index (χ4n) is 1.80. The second kappa shape index (κ2) is 4.34. The highest BCUT2D eigenvalue weighted by molar-refractivity contribution is 6.33. The van der Waals surface area contributed by atoms with E-state index in [1.165, 1.54) is 6.07 Å². The molecule has 3 rings (SSSR count). The summed E-state index contributed by atoms with van der Waals surface area (Å²) in [7, 11) is 0. The molecule has 0 bridgehead atoms.